The average Bonchev–Trinajstić information content (AvgIpc) is 2.42. The van der Waals surface area contributed by atoms with Crippen LogP contribution in [-0.4, -0.2) is 10.7 Å². The van der Waals surface area contributed by atoms with E-state index in [-0.39, 0.29) is 17.4 Å². The number of Topliss-reactive ketones (excluding diaryl/α,β-unsaturated/α-hetero) is 1. The van der Waals surface area contributed by atoms with Crippen molar-refractivity contribution in [1.82, 2.24) is 0 Å². The monoisotopic (exact) mass is 309 g/mol. The molecule has 0 radical (unpaired) electrons. The normalized spacial score (nSPS) is 22.6. The molecule has 1 aromatic rings. The highest BCUT2D eigenvalue weighted by molar-refractivity contribution is 6.31. The summed E-state index contributed by atoms with van der Waals surface area (Å²) in [7, 11) is 0. The first kappa shape index (κ1) is 16.0. The van der Waals surface area contributed by atoms with Gasteiger partial charge in [-0.2, -0.15) is 0 Å². The van der Waals surface area contributed by atoms with Crippen LogP contribution in [0.1, 0.15) is 38.7 Å². The Morgan fingerprint density at radius 1 is 1.43 bits per heavy atom. The molecule has 0 amide bonds. The van der Waals surface area contributed by atoms with E-state index in [9.17, 15) is 14.9 Å². The summed E-state index contributed by atoms with van der Waals surface area (Å²) in [6, 6.07) is 4.68. The van der Waals surface area contributed by atoms with E-state index in [4.69, 9.17) is 11.6 Å². The quantitative estimate of drug-likeness (QED) is 0.610. The molecule has 1 aliphatic carbocycles. The SMILES string of the molecule is CC(C)C1CCC(=O)C(Cc2c(Cl)cccc2[N+](=O)[O-])C1. The largest absolute Gasteiger partial charge is 0.299 e. The van der Waals surface area contributed by atoms with Crippen molar-refractivity contribution in [3.8, 4) is 0 Å². The highest BCUT2D eigenvalue weighted by Gasteiger charge is 2.32. The Labute approximate surface area is 129 Å². The van der Waals surface area contributed by atoms with E-state index >= 15 is 0 Å². The van der Waals surface area contributed by atoms with Crippen molar-refractivity contribution in [3.63, 3.8) is 0 Å². The second-order valence-corrected chi connectivity index (χ2v) is 6.55. The lowest BCUT2D eigenvalue weighted by molar-refractivity contribution is -0.385. The summed E-state index contributed by atoms with van der Waals surface area (Å²) in [6.07, 6.45) is 2.68. The van der Waals surface area contributed by atoms with Crippen LogP contribution in [0.2, 0.25) is 5.02 Å². The number of halogens is 1. The maximum Gasteiger partial charge on any atom is 0.274 e. The van der Waals surface area contributed by atoms with E-state index in [0.717, 1.165) is 12.8 Å². The molecular formula is C16H20ClNO3. The van der Waals surface area contributed by atoms with Gasteiger partial charge in [-0.15, -0.1) is 0 Å². The van der Waals surface area contributed by atoms with E-state index in [1.165, 1.54) is 6.07 Å². The van der Waals surface area contributed by atoms with E-state index in [2.05, 4.69) is 13.8 Å². The highest BCUT2D eigenvalue weighted by atomic mass is 35.5. The van der Waals surface area contributed by atoms with Crippen molar-refractivity contribution in [2.24, 2.45) is 17.8 Å². The van der Waals surface area contributed by atoms with Gasteiger partial charge >= 0.3 is 0 Å². The molecule has 0 spiro atoms. The number of carbonyl (C=O) groups excluding carboxylic acids is 1. The van der Waals surface area contributed by atoms with Gasteiger partial charge in [-0.1, -0.05) is 31.5 Å². The number of nitro benzene ring substituents is 1. The van der Waals surface area contributed by atoms with Crippen molar-refractivity contribution in [2.45, 2.75) is 39.5 Å². The molecule has 2 atom stereocenters. The summed E-state index contributed by atoms with van der Waals surface area (Å²) < 4.78 is 0. The molecule has 1 aliphatic rings. The molecular weight excluding hydrogens is 290 g/mol. The van der Waals surface area contributed by atoms with Gasteiger partial charge in [0.15, 0.2) is 0 Å². The van der Waals surface area contributed by atoms with Crippen molar-refractivity contribution in [3.05, 3.63) is 38.9 Å². The van der Waals surface area contributed by atoms with Crippen LogP contribution in [0.5, 0.6) is 0 Å². The highest BCUT2D eigenvalue weighted by Crippen LogP contribution is 2.36. The van der Waals surface area contributed by atoms with Crippen LogP contribution < -0.4 is 0 Å². The Hall–Kier alpha value is -1.42. The summed E-state index contributed by atoms with van der Waals surface area (Å²) in [5, 5.41) is 11.5. The fourth-order valence-corrected chi connectivity index (χ4v) is 3.36. The fourth-order valence-electron chi connectivity index (χ4n) is 3.12. The first-order chi connectivity index (χ1) is 9.90. The summed E-state index contributed by atoms with van der Waals surface area (Å²) >= 11 is 6.12. The number of carbonyl (C=O) groups is 1. The molecule has 1 fully saturated rings. The second kappa shape index (κ2) is 6.56. The zero-order chi connectivity index (χ0) is 15.6. The van der Waals surface area contributed by atoms with Crippen LogP contribution in [-0.2, 0) is 11.2 Å². The van der Waals surface area contributed by atoms with Crippen LogP contribution in [0, 0.1) is 27.9 Å². The summed E-state index contributed by atoms with van der Waals surface area (Å²) in [5.74, 6) is 1.10. The number of hydrogen-bond donors (Lipinski definition) is 0. The van der Waals surface area contributed by atoms with E-state index in [1.807, 2.05) is 0 Å². The Bertz CT molecular complexity index is 556. The number of ketones is 1. The molecule has 2 rings (SSSR count). The Balaban J connectivity index is 2.24. The lowest BCUT2D eigenvalue weighted by atomic mass is 9.73. The zero-order valence-electron chi connectivity index (χ0n) is 12.3. The molecule has 5 heteroatoms. The number of hydrogen-bond acceptors (Lipinski definition) is 3. The van der Waals surface area contributed by atoms with Crippen LogP contribution in [0.4, 0.5) is 5.69 Å². The maximum absolute atomic E-state index is 12.1. The summed E-state index contributed by atoms with van der Waals surface area (Å²) in [6.45, 7) is 4.32. The van der Waals surface area contributed by atoms with Crippen LogP contribution in [0.3, 0.4) is 0 Å². The second-order valence-electron chi connectivity index (χ2n) is 6.14. The minimum atomic E-state index is -0.422. The molecule has 4 nitrogen and oxygen atoms in total. The molecule has 0 aliphatic heterocycles. The van der Waals surface area contributed by atoms with Crippen LogP contribution in [0.25, 0.3) is 0 Å². The third kappa shape index (κ3) is 3.62. The number of nitrogens with zero attached hydrogens (tertiary/aromatic N) is 1. The van der Waals surface area contributed by atoms with Gasteiger partial charge in [0.05, 0.1) is 9.95 Å². The minimum Gasteiger partial charge on any atom is -0.299 e. The van der Waals surface area contributed by atoms with Gasteiger partial charge in [-0.3, -0.25) is 14.9 Å². The van der Waals surface area contributed by atoms with Gasteiger partial charge < -0.3 is 0 Å². The molecule has 21 heavy (non-hydrogen) atoms. The number of benzene rings is 1. The van der Waals surface area contributed by atoms with Crippen molar-refractivity contribution < 1.29 is 9.72 Å². The third-order valence-electron chi connectivity index (χ3n) is 4.49. The van der Waals surface area contributed by atoms with Gasteiger partial charge in [0.25, 0.3) is 5.69 Å². The van der Waals surface area contributed by atoms with E-state index < -0.39 is 4.92 Å². The fraction of sp³-hybridized carbons (Fsp3) is 0.562. The van der Waals surface area contributed by atoms with Gasteiger partial charge in [-0.25, -0.2) is 0 Å². The van der Waals surface area contributed by atoms with Gasteiger partial charge in [-0.05, 0) is 37.2 Å². The van der Waals surface area contributed by atoms with Gasteiger partial charge in [0, 0.05) is 24.0 Å². The molecule has 114 valence electrons. The van der Waals surface area contributed by atoms with E-state index in [0.29, 0.717) is 35.3 Å². The molecule has 0 bridgehead atoms. The molecule has 1 aromatic carbocycles. The van der Waals surface area contributed by atoms with Gasteiger partial charge in [0.1, 0.15) is 5.78 Å². The van der Waals surface area contributed by atoms with Crippen molar-refractivity contribution in [1.29, 1.82) is 0 Å². The van der Waals surface area contributed by atoms with Crippen molar-refractivity contribution >= 4 is 23.1 Å². The molecule has 0 heterocycles. The lowest BCUT2D eigenvalue weighted by Gasteiger charge is -2.30. The molecule has 0 aromatic heterocycles. The maximum atomic E-state index is 12.1. The van der Waals surface area contributed by atoms with Crippen LogP contribution in [0.15, 0.2) is 18.2 Å². The zero-order valence-corrected chi connectivity index (χ0v) is 13.1. The standard InChI is InChI=1S/C16H20ClNO3/c1-10(2)11-6-7-16(19)12(8-11)9-13-14(17)4-3-5-15(13)18(20)21/h3-5,10-12H,6-9H2,1-2H3. The topological polar surface area (TPSA) is 60.2 Å². The molecule has 0 N–H and O–H groups in total. The predicted molar refractivity (Wildman–Crippen MR) is 82.5 cm³/mol. The van der Waals surface area contributed by atoms with Gasteiger partial charge in [0.2, 0.25) is 0 Å². The summed E-state index contributed by atoms with van der Waals surface area (Å²) in [5.41, 5.74) is 0.508. The van der Waals surface area contributed by atoms with Crippen molar-refractivity contribution in [2.75, 3.05) is 0 Å². The first-order valence-corrected chi connectivity index (χ1v) is 7.72. The Morgan fingerprint density at radius 3 is 2.76 bits per heavy atom. The van der Waals surface area contributed by atoms with Crippen LogP contribution >= 0.6 is 11.6 Å². The average molecular weight is 310 g/mol. The Morgan fingerprint density at radius 2 is 2.14 bits per heavy atom. The molecule has 1 saturated carbocycles. The third-order valence-corrected chi connectivity index (χ3v) is 4.84. The number of rotatable bonds is 4. The predicted octanol–water partition coefficient (Wildman–Crippen LogP) is 4.43. The van der Waals surface area contributed by atoms with E-state index in [1.54, 1.807) is 12.1 Å². The molecule has 2 unspecified atom stereocenters. The Kier molecular flexibility index (Phi) is 4.99. The minimum absolute atomic E-state index is 0.0157. The smallest absolute Gasteiger partial charge is 0.274 e. The lowest BCUT2D eigenvalue weighted by Crippen LogP contribution is -2.29. The molecule has 0 saturated heterocycles. The first-order valence-electron chi connectivity index (χ1n) is 7.34. The number of nitro groups is 1. The summed E-state index contributed by atoms with van der Waals surface area (Å²) in [4.78, 5) is 22.9.